The number of carbonyl (C=O) groups is 6. The summed E-state index contributed by atoms with van der Waals surface area (Å²) in [5, 5.41) is 47.6. The Balaban J connectivity index is 0.000000220. The van der Waals surface area contributed by atoms with Gasteiger partial charge in [0.05, 0.1) is 12.1 Å². The minimum atomic E-state index is -0.994. The van der Waals surface area contributed by atoms with Crippen molar-refractivity contribution in [2.24, 2.45) is 23.5 Å². The summed E-state index contributed by atoms with van der Waals surface area (Å²) in [5.74, 6) is 0.247. The van der Waals surface area contributed by atoms with Crippen LogP contribution in [0.25, 0.3) is 0 Å². The number of Topliss-reactive ketones (excluding diaryl/α,β-unsaturated/α-hetero) is 2. The first-order chi connectivity index (χ1) is 40.7. The molecule has 0 unspecified atom stereocenters. The number of nitrogens with one attached hydrogen (secondary N) is 3. The number of phenols is 3. The minimum absolute atomic E-state index is 0. The van der Waals surface area contributed by atoms with E-state index in [0.29, 0.717) is 68.9 Å². The molecule has 14 nitrogen and oxygen atoms in total. The van der Waals surface area contributed by atoms with E-state index in [0.717, 1.165) is 57.8 Å². The van der Waals surface area contributed by atoms with Crippen LogP contribution in [0.2, 0.25) is 15.1 Å². The lowest BCUT2D eigenvalue weighted by atomic mass is 9.96. The molecule has 3 aliphatic rings. The summed E-state index contributed by atoms with van der Waals surface area (Å²) in [7, 11) is 0. The normalized spacial score (nSPS) is 19.4. The van der Waals surface area contributed by atoms with Gasteiger partial charge in [0, 0.05) is 57.8 Å². The van der Waals surface area contributed by atoms with Crippen LogP contribution in [0.15, 0.2) is 146 Å². The van der Waals surface area contributed by atoms with E-state index in [1.165, 1.54) is 41.8 Å². The average Bonchev–Trinajstić information content (AvgIpc) is 4.54. The first-order valence-corrected chi connectivity index (χ1v) is 30.3. The maximum absolute atomic E-state index is 12.6. The van der Waals surface area contributed by atoms with E-state index in [2.05, 4.69) is 52.3 Å². The first-order valence-electron chi connectivity index (χ1n) is 29.2. The van der Waals surface area contributed by atoms with E-state index in [1.807, 2.05) is 54.6 Å². The van der Waals surface area contributed by atoms with Crippen molar-refractivity contribution in [3.05, 3.63) is 194 Å². The maximum Gasteiger partial charge on any atom is 0.325 e. The molecular weight excluding hydrogens is 1220 g/mol. The number of phenolic OH excluding ortho intramolecular Hbond substituents is 3. The predicted octanol–water partition coefficient (Wildman–Crippen LogP) is 13.5. The van der Waals surface area contributed by atoms with Crippen molar-refractivity contribution in [2.45, 2.75) is 147 Å². The van der Waals surface area contributed by atoms with E-state index >= 15 is 0 Å². The van der Waals surface area contributed by atoms with Crippen LogP contribution in [0.4, 0.5) is 0 Å². The Morgan fingerprint density at radius 2 is 0.744 bits per heavy atom. The van der Waals surface area contributed by atoms with Crippen molar-refractivity contribution in [1.29, 1.82) is 0 Å². The van der Waals surface area contributed by atoms with Crippen LogP contribution in [0.5, 0.6) is 17.2 Å². The smallest absolute Gasteiger partial charge is 0.325 e. The summed E-state index contributed by atoms with van der Waals surface area (Å²) < 4.78 is 0. The van der Waals surface area contributed by atoms with Gasteiger partial charge in [-0.2, -0.15) is 0 Å². The summed E-state index contributed by atoms with van der Waals surface area (Å²) in [6, 6.07) is 43.2. The molecule has 0 saturated heterocycles. The van der Waals surface area contributed by atoms with Crippen LogP contribution in [0.1, 0.15) is 143 Å². The van der Waals surface area contributed by atoms with E-state index < -0.39 is 24.1 Å². The number of aryl methyl sites for hydroxylation is 2. The Morgan fingerprint density at radius 1 is 0.453 bits per heavy atom. The molecule has 0 bridgehead atoms. The standard InChI is InChI=1S/2C23H26ClNO3.C15H19NO3.C7H8ClNO.BrH/c2*1-15(21(26)11-9-18-14-20(24)10-12-22(18)27)25-23(28)19-8-7-17(13-19)16-5-3-2-4-6-16;1-10(15(18)19)16-14(17)13-8-7-12(9-13)11-5-3-2-4-6-11;8-6-1-2-7(10)5(3-6)4-9;/h2*2-6,10,12,14-15,17,19,27H,7-9,11,13H2,1H3,(H,25,28);2-6,10,12-13H,7-9H2,1H3,(H,16,17)(H,18,19);1-3,10H,4,9H2;1H/t2*15-,17+,19+;10-,12+,13+;;/m000../s1. The fourth-order valence-electron chi connectivity index (χ4n) is 11.1. The van der Waals surface area contributed by atoms with Gasteiger partial charge in [-0.15, -0.1) is 17.0 Å². The van der Waals surface area contributed by atoms with Gasteiger partial charge >= 0.3 is 5.97 Å². The maximum atomic E-state index is 12.6. The second-order valence-corrected chi connectivity index (χ2v) is 23.6. The van der Waals surface area contributed by atoms with Gasteiger partial charge in [-0.05, 0) is 192 Å². The number of hydrogen-bond donors (Lipinski definition) is 8. The molecule has 6 aromatic rings. The molecule has 460 valence electrons. The highest BCUT2D eigenvalue weighted by atomic mass is 79.9. The number of aliphatic carboxylic acids is 1. The molecule has 9 rings (SSSR count). The third-order valence-electron chi connectivity index (χ3n) is 16.3. The lowest BCUT2D eigenvalue weighted by molar-refractivity contribution is -0.141. The number of carbonyl (C=O) groups excluding carboxylic acids is 5. The predicted molar refractivity (Wildman–Crippen MR) is 344 cm³/mol. The molecule has 3 fully saturated rings. The van der Waals surface area contributed by atoms with Crippen molar-refractivity contribution in [3.63, 3.8) is 0 Å². The number of ketones is 2. The summed E-state index contributed by atoms with van der Waals surface area (Å²) in [6.07, 6.45) is 9.25. The van der Waals surface area contributed by atoms with Crippen molar-refractivity contribution < 1.29 is 49.2 Å². The molecule has 3 aliphatic carbocycles. The van der Waals surface area contributed by atoms with E-state index in [-0.39, 0.29) is 94.1 Å². The van der Waals surface area contributed by atoms with E-state index in [1.54, 1.807) is 50.2 Å². The van der Waals surface area contributed by atoms with E-state index in [9.17, 15) is 39.0 Å². The third-order valence-corrected chi connectivity index (χ3v) is 17.0. The van der Waals surface area contributed by atoms with Crippen molar-refractivity contribution >= 4 is 87.0 Å². The summed E-state index contributed by atoms with van der Waals surface area (Å²) in [5.41, 5.74) is 11.1. The van der Waals surface area contributed by atoms with Crippen LogP contribution in [0.3, 0.4) is 0 Å². The monoisotopic (exact) mass is 1300 g/mol. The number of carboxylic acid groups (broad SMARTS) is 1. The summed E-state index contributed by atoms with van der Waals surface area (Å²) in [6.45, 7) is 5.25. The molecule has 3 amide bonds. The highest BCUT2D eigenvalue weighted by Gasteiger charge is 2.34. The zero-order valence-electron chi connectivity index (χ0n) is 48.8. The Hall–Kier alpha value is -6.75. The fourth-order valence-corrected chi connectivity index (χ4v) is 11.7. The molecule has 3 saturated carbocycles. The van der Waals surface area contributed by atoms with Gasteiger partial charge in [0.15, 0.2) is 11.6 Å². The molecule has 0 aromatic heterocycles. The second-order valence-electron chi connectivity index (χ2n) is 22.3. The molecule has 0 spiro atoms. The summed E-state index contributed by atoms with van der Waals surface area (Å²) >= 11 is 17.5. The third kappa shape index (κ3) is 21.9. The number of nitrogens with two attached hydrogens (primary N) is 1. The van der Waals surface area contributed by atoms with Crippen LogP contribution in [0, 0.1) is 17.8 Å². The number of amides is 3. The fraction of sp³-hybridized carbons (Fsp3) is 0.382. The molecule has 0 radical (unpaired) electrons. The molecule has 6 aromatic carbocycles. The second kappa shape index (κ2) is 35.2. The Bertz CT molecular complexity index is 3040. The molecule has 18 heteroatoms. The van der Waals surface area contributed by atoms with Gasteiger partial charge in [0.1, 0.15) is 23.3 Å². The van der Waals surface area contributed by atoms with Crippen molar-refractivity contribution in [1.82, 2.24) is 16.0 Å². The number of carboxylic acids is 1. The number of hydrogen-bond acceptors (Lipinski definition) is 10. The van der Waals surface area contributed by atoms with Gasteiger partial charge in [-0.1, -0.05) is 126 Å². The van der Waals surface area contributed by atoms with Gasteiger partial charge in [0.25, 0.3) is 0 Å². The van der Waals surface area contributed by atoms with Crippen molar-refractivity contribution in [2.75, 3.05) is 0 Å². The number of halogens is 4. The van der Waals surface area contributed by atoms with Crippen LogP contribution in [-0.2, 0) is 48.2 Å². The van der Waals surface area contributed by atoms with E-state index in [4.69, 9.17) is 50.7 Å². The molecule has 86 heavy (non-hydrogen) atoms. The zero-order valence-corrected chi connectivity index (χ0v) is 52.8. The molecule has 0 aliphatic heterocycles. The van der Waals surface area contributed by atoms with Gasteiger partial charge in [-0.3, -0.25) is 28.8 Å². The van der Waals surface area contributed by atoms with Crippen LogP contribution in [-0.4, -0.2) is 73.8 Å². The largest absolute Gasteiger partial charge is 0.508 e. The average molecular weight is 1300 g/mol. The Morgan fingerprint density at radius 3 is 1.03 bits per heavy atom. The molecule has 9 atom stereocenters. The SMILES string of the molecule is Br.C[C@H](NC(=O)[C@@H]1CC[C@@H](c2ccccc2)C1)C(=O)CCc1cc(Cl)ccc1O.C[C@H](NC(=O)[C@@H]1CC[C@@H](c2ccccc2)C1)C(=O)CCc1cc(Cl)ccc1O.C[C@H](NC(=O)[C@@H]1CC[C@@H](c2ccccc2)C1)C(=O)O.NCc1cc(Cl)ccc1O. The van der Waals surface area contributed by atoms with Crippen molar-refractivity contribution in [3.8, 4) is 17.2 Å². The quantitative estimate of drug-likeness (QED) is 0.0379. The van der Waals surface area contributed by atoms with Crippen LogP contribution < -0.4 is 21.7 Å². The number of aromatic hydroxyl groups is 3. The highest BCUT2D eigenvalue weighted by molar-refractivity contribution is 8.93. The molecule has 9 N–H and O–H groups in total. The topological polar surface area (TPSA) is 245 Å². The first kappa shape index (κ1) is 70.0. The van der Waals surface area contributed by atoms with Crippen LogP contribution >= 0.6 is 51.8 Å². The van der Waals surface area contributed by atoms with Gasteiger partial charge in [0.2, 0.25) is 17.7 Å². The summed E-state index contributed by atoms with van der Waals surface area (Å²) in [4.78, 5) is 72.7. The van der Waals surface area contributed by atoms with Gasteiger partial charge < -0.3 is 42.1 Å². The lowest BCUT2D eigenvalue weighted by Crippen LogP contribution is -2.41. The number of benzene rings is 6. The molecular formula is C68H80BrCl3N4O10. The minimum Gasteiger partial charge on any atom is -0.508 e. The Kier molecular flexibility index (Phi) is 28.6. The zero-order chi connectivity index (χ0) is 61.6. The lowest BCUT2D eigenvalue weighted by Gasteiger charge is -2.17. The highest BCUT2D eigenvalue weighted by Crippen LogP contribution is 2.41. The Labute approximate surface area is 530 Å². The molecule has 0 heterocycles. The number of rotatable bonds is 19. The van der Waals surface area contributed by atoms with Gasteiger partial charge in [-0.25, -0.2) is 0 Å².